The van der Waals surface area contributed by atoms with E-state index in [1.165, 1.54) is 5.56 Å². The molecule has 2 heterocycles. The van der Waals surface area contributed by atoms with E-state index in [1.807, 2.05) is 31.2 Å². The number of fused-ring (bicyclic) bond motifs is 1. The molecule has 152 valence electrons. The predicted octanol–water partition coefficient (Wildman–Crippen LogP) is 4.28. The van der Waals surface area contributed by atoms with Gasteiger partial charge in [-0.2, -0.15) is 0 Å². The number of carbonyl (C=O) groups is 1. The van der Waals surface area contributed by atoms with E-state index in [0.717, 1.165) is 49.0 Å². The van der Waals surface area contributed by atoms with Crippen LogP contribution in [0.2, 0.25) is 5.02 Å². The minimum Gasteiger partial charge on any atom is -0.449 e. The van der Waals surface area contributed by atoms with E-state index in [9.17, 15) is 9.90 Å². The Hall–Kier alpha value is -2.34. The van der Waals surface area contributed by atoms with Gasteiger partial charge in [-0.25, -0.2) is 0 Å². The first kappa shape index (κ1) is 20.0. The largest absolute Gasteiger partial charge is 0.449 e. The van der Waals surface area contributed by atoms with Crippen LogP contribution < -0.4 is 5.32 Å². The number of amides is 1. The van der Waals surface area contributed by atoms with Crippen LogP contribution in [-0.2, 0) is 13.1 Å². The van der Waals surface area contributed by atoms with Gasteiger partial charge in [0.25, 0.3) is 5.91 Å². The van der Waals surface area contributed by atoms with E-state index >= 15 is 0 Å². The highest BCUT2D eigenvalue weighted by Gasteiger charge is 2.19. The number of benzene rings is 2. The van der Waals surface area contributed by atoms with Gasteiger partial charge in [-0.15, -0.1) is 0 Å². The van der Waals surface area contributed by atoms with Crippen molar-refractivity contribution in [2.24, 2.45) is 0 Å². The van der Waals surface area contributed by atoms with Crippen molar-refractivity contribution in [2.45, 2.75) is 39.0 Å². The molecule has 5 nitrogen and oxygen atoms in total. The highest BCUT2D eigenvalue weighted by Crippen LogP contribution is 2.30. The number of nitrogens with one attached hydrogen (secondary N) is 1. The van der Waals surface area contributed by atoms with E-state index in [0.29, 0.717) is 22.9 Å². The molecule has 0 atom stereocenters. The third kappa shape index (κ3) is 4.47. The van der Waals surface area contributed by atoms with Crippen LogP contribution in [0.4, 0.5) is 0 Å². The van der Waals surface area contributed by atoms with Gasteiger partial charge < -0.3 is 14.8 Å². The number of hydrogen-bond acceptors (Lipinski definition) is 4. The highest BCUT2D eigenvalue weighted by molar-refractivity contribution is 6.35. The first-order valence-corrected chi connectivity index (χ1v) is 10.3. The van der Waals surface area contributed by atoms with Crippen molar-refractivity contribution in [3.8, 4) is 0 Å². The predicted molar refractivity (Wildman–Crippen MR) is 114 cm³/mol. The van der Waals surface area contributed by atoms with E-state index in [2.05, 4.69) is 22.3 Å². The zero-order valence-electron chi connectivity index (χ0n) is 16.5. The fourth-order valence-corrected chi connectivity index (χ4v) is 4.00. The molecule has 6 heteroatoms. The zero-order chi connectivity index (χ0) is 20.4. The lowest BCUT2D eigenvalue weighted by Crippen LogP contribution is -2.35. The molecule has 2 aromatic carbocycles. The number of furan rings is 1. The highest BCUT2D eigenvalue weighted by atomic mass is 35.5. The van der Waals surface area contributed by atoms with Gasteiger partial charge in [-0.3, -0.25) is 9.69 Å². The summed E-state index contributed by atoms with van der Waals surface area (Å²) in [5, 5.41) is 13.9. The van der Waals surface area contributed by atoms with Gasteiger partial charge in [0.05, 0.1) is 11.1 Å². The van der Waals surface area contributed by atoms with Crippen molar-refractivity contribution >= 4 is 28.5 Å². The fourth-order valence-electron chi connectivity index (χ4n) is 3.79. The maximum absolute atomic E-state index is 12.6. The molecule has 1 aliphatic rings. The Balaban J connectivity index is 1.36. The topological polar surface area (TPSA) is 65.7 Å². The fraction of sp³-hybridized carbons (Fsp3) is 0.348. The van der Waals surface area contributed by atoms with E-state index < -0.39 is 0 Å². The monoisotopic (exact) mass is 412 g/mol. The number of halogens is 1. The molecule has 0 saturated carbocycles. The van der Waals surface area contributed by atoms with E-state index in [1.54, 1.807) is 6.07 Å². The summed E-state index contributed by atoms with van der Waals surface area (Å²) in [6.07, 6.45) is 1.54. The molecule has 0 spiro atoms. The molecule has 3 aromatic rings. The maximum Gasteiger partial charge on any atom is 0.287 e. The molecule has 1 aliphatic heterocycles. The van der Waals surface area contributed by atoms with Crippen LogP contribution in [0.5, 0.6) is 0 Å². The van der Waals surface area contributed by atoms with Gasteiger partial charge in [0.15, 0.2) is 11.3 Å². The summed E-state index contributed by atoms with van der Waals surface area (Å²) in [5.41, 5.74) is 3.61. The first-order valence-electron chi connectivity index (χ1n) is 9.95. The lowest BCUT2D eigenvalue weighted by atomic mass is 10.1. The number of likely N-dealkylation sites (tertiary alicyclic amines) is 1. The number of aryl methyl sites for hydroxylation is 1. The van der Waals surface area contributed by atoms with Crippen molar-refractivity contribution in [3.05, 3.63) is 69.9 Å². The lowest BCUT2D eigenvalue weighted by molar-refractivity contribution is 0.0792. The van der Waals surface area contributed by atoms with Gasteiger partial charge in [-0.1, -0.05) is 48.0 Å². The third-order valence-corrected chi connectivity index (χ3v) is 5.86. The number of aliphatic hydroxyl groups excluding tert-OH is 1. The molecule has 1 aromatic heterocycles. The molecule has 0 unspecified atom stereocenters. The van der Waals surface area contributed by atoms with Crippen molar-refractivity contribution in [1.29, 1.82) is 0 Å². The second kappa shape index (κ2) is 8.57. The molecule has 1 amide bonds. The van der Waals surface area contributed by atoms with Gasteiger partial charge >= 0.3 is 0 Å². The SMILES string of the molecule is Cc1c(C(=O)NCc2ccc(CN3CCC(O)CC3)cc2)oc2c(Cl)cccc12. The van der Waals surface area contributed by atoms with Crippen molar-refractivity contribution in [3.63, 3.8) is 0 Å². The summed E-state index contributed by atoms with van der Waals surface area (Å²) in [6.45, 7) is 5.04. The van der Waals surface area contributed by atoms with Crippen molar-refractivity contribution in [2.75, 3.05) is 13.1 Å². The van der Waals surface area contributed by atoms with Crippen LogP contribution in [0.1, 0.15) is 40.1 Å². The van der Waals surface area contributed by atoms with Gasteiger partial charge in [0.2, 0.25) is 0 Å². The van der Waals surface area contributed by atoms with Crippen LogP contribution in [0.25, 0.3) is 11.0 Å². The Morgan fingerprint density at radius 3 is 2.55 bits per heavy atom. The molecule has 1 saturated heterocycles. The number of aliphatic hydroxyl groups is 1. The second-order valence-corrected chi connectivity index (χ2v) is 8.09. The van der Waals surface area contributed by atoms with E-state index in [-0.39, 0.29) is 12.0 Å². The van der Waals surface area contributed by atoms with Crippen LogP contribution in [-0.4, -0.2) is 35.1 Å². The standard InChI is InChI=1S/C23H25ClN2O3/c1-15-19-3-2-4-20(24)22(19)29-21(15)23(28)25-13-16-5-7-17(8-6-16)14-26-11-9-18(27)10-12-26/h2-8,18,27H,9-14H2,1H3,(H,25,28). The number of para-hydroxylation sites is 1. The Kier molecular flexibility index (Phi) is 5.90. The Morgan fingerprint density at radius 2 is 1.86 bits per heavy atom. The Morgan fingerprint density at radius 1 is 1.17 bits per heavy atom. The molecule has 4 rings (SSSR count). The lowest BCUT2D eigenvalue weighted by Gasteiger charge is -2.29. The number of nitrogens with zero attached hydrogens (tertiary/aromatic N) is 1. The zero-order valence-corrected chi connectivity index (χ0v) is 17.2. The van der Waals surface area contributed by atoms with Crippen molar-refractivity contribution < 1.29 is 14.3 Å². The third-order valence-electron chi connectivity index (χ3n) is 5.56. The molecule has 0 aliphatic carbocycles. The quantitative estimate of drug-likeness (QED) is 0.656. The van der Waals surface area contributed by atoms with Gasteiger partial charge in [0.1, 0.15) is 0 Å². The number of hydrogen-bond donors (Lipinski definition) is 2. The van der Waals surface area contributed by atoms with Crippen LogP contribution in [0, 0.1) is 6.92 Å². The molecule has 2 N–H and O–H groups in total. The molecule has 0 bridgehead atoms. The molecular weight excluding hydrogens is 388 g/mol. The normalized spacial score (nSPS) is 15.7. The van der Waals surface area contributed by atoms with Crippen LogP contribution in [0.15, 0.2) is 46.9 Å². The minimum atomic E-state index is -0.245. The van der Waals surface area contributed by atoms with Crippen molar-refractivity contribution in [1.82, 2.24) is 10.2 Å². The minimum absolute atomic E-state index is 0.149. The average Bonchev–Trinajstić information content (AvgIpc) is 3.07. The molecular formula is C23H25ClN2O3. The summed E-state index contributed by atoms with van der Waals surface area (Å²) in [5.74, 6) is 0.0581. The molecule has 0 radical (unpaired) electrons. The van der Waals surface area contributed by atoms with Gasteiger partial charge in [-0.05, 0) is 37.0 Å². The number of carbonyl (C=O) groups excluding carboxylic acids is 1. The molecule has 29 heavy (non-hydrogen) atoms. The summed E-state index contributed by atoms with van der Waals surface area (Å²) in [7, 11) is 0. The Bertz CT molecular complexity index is 1000. The first-order chi connectivity index (χ1) is 14.0. The van der Waals surface area contributed by atoms with Crippen LogP contribution >= 0.6 is 11.6 Å². The van der Waals surface area contributed by atoms with Crippen LogP contribution in [0.3, 0.4) is 0 Å². The Labute approximate surface area is 175 Å². The second-order valence-electron chi connectivity index (χ2n) is 7.68. The number of piperidine rings is 1. The maximum atomic E-state index is 12.6. The summed E-state index contributed by atoms with van der Waals surface area (Å²) in [4.78, 5) is 15.0. The summed E-state index contributed by atoms with van der Waals surface area (Å²) < 4.78 is 5.72. The number of rotatable bonds is 5. The van der Waals surface area contributed by atoms with Gasteiger partial charge in [0, 0.05) is 37.1 Å². The molecule has 1 fully saturated rings. The average molecular weight is 413 g/mol. The van der Waals surface area contributed by atoms with E-state index in [4.69, 9.17) is 16.0 Å². The summed E-state index contributed by atoms with van der Waals surface area (Å²) in [6, 6.07) is 13.8. The smallest absolute Gasteiger partial charge is 0.287 e. The summed E-state index contributed by atoms with van der Waals surface area (Å²) >= 11 is 6.17.